The van der Waals surface area contributed by atoms with E-state index in [1.807, 2.05) is 85.1 Å². The van der Waals surface area contributed by atoms with Crippen molar-refractivity contribution in [2.45, 2.75) is 40.3 Å². The van der Waals surface area contributed by atoms with Crippen LogP contribution in [0.3, 0.4) is 0 Å². The molecule has 6 heteroatoms. The van der Waals surface area contributed by atoms with Gasteiger partial charge in [0.25, 0.3) is 0 Å². The van der Waals surface area contributed by atoms with E-state index in [9.17, 15) is 4.79 Å². The smallest absolute Gasteiger partial charge is 0.248 e. The monoisotopic (exact) mass is 457 g/mol. The van der Waals surface area contributed by atoms with E-state index in [2.05, 4.69) is 13.0 Å². The molecule has 0 unspecified atom stereocenters. The van der Waals surface area contributed by atoms with Crippen molar-refractivity contribution in [1.29, 1.82) is 0 Å². The summed E-state index contributed by atoms with van der Waals surface area (Å²) in [5, 5.41) is 0. The van der Waals surface area contributed by atoms with E-state index >= 15 is 0 Å². The Kier molecular flexibility index (Phi) is 7.60. The van der Waals surface area contributed by atoms with Gasteiger partial charge >= 0.3 is 0 Å². The Morgan fingerprint density at radius 3 is 2.50 bits per heavy atom. The van der Waals surface area contributed by atoms with E-state index in [0.29, 0.717) is 12.4 Å². The Morgan fingerprint density at radius 2 is 1.74 bits per heavy atom. The van der Waals surface area contributed by atoms with Crippen LogP contribution in [-0.4, -0.2) is 28.8 Å². The van der Waals surface area contributed by atoms with E-state index in [1.165, 1.54) is 0 Å². The zero-order valence-corrected chi connectivity index (χ0v) is 20.0. The molecule has 4 aromatic rings. The Balaban J connectivity index is 1.67. The van der Waals surface area contributed by atoms with Crippen LogP contribution in [0.1, 0.15) is 30.8 Å². The summed E-state index contributed by atoms with van der Waals surface area (Å²) in [7, 11) is 0. The molecular weight excluding hydrogens is 426 g/mol. The zero-order chi connectivity index (χ0) is 23.9. The molecule has 6 nitrogen and oxygen atoms in total. The molecule has 34 heavy (non-hydrogen) atoms. The lowest BCUT2D eigenvalue weighted by Gasteiger charge is -2.27. The third-order valence-electron chi connectivity index (χ3n) is 5.84. The van der Waals surface area contributed by atoms with E-state index in [4.69, 9.17) is 14.5 Å². The van der Waals surface area contributed by atoms with Gasteiger partial charge in [-0.1, -0.05) is 55.5 Å². The summed E-state index contributed by atoms with van der Waals surface area (Å²) in [6.45, 7) is 7.21. The van der Waals surface area contributed by atoms with E-state index < -0.39 is 0 Å². The van der Waals surface area contributed by atoms with Crippen LogP contribution < -0.4 is 9.64 Å². The van der Waals surface area contributed by atoms with Gasteiger partial charge in [0.15, 0.2) is 0 Å². The fraction of sp³-hybridized carbons (Fsp3) is 0.286. The molecule has 0 aliphatic heterocycles. The molecule has 0 saturated heterocycles. The summed E-state index contributed by atoms with van der Waals surface area (Å²) in [5.41, 5.74) is 4.84. The van der Waals surface area contributed by atoms with Crippen molar-refractivity contribution in [2.24, 2.45) is 0 Å². The molecule has 3 aromatic carbocycles. The van der Waals surface area contributed by atoms with Gasteiger partial charge in [-0.25, -0.2) is 4.98 Å². The number of para-hydroxylation sites is 4. The number of amides is 1. The summed E-state index contributed by atoms with van der Waals surface area (Å²) >= 11 is 0. The van der Waals surface area contributed by atoms with E-state index in [1.54, 1.807) is 4.90 Å². The molecule has 1 amide bonds. The largest absolute Gasteiger partial charge is 0.486 e. The van der Waals surface area contributed by atoms with Crippen molar-refractivity contribution in [3.05, 3.63) is 89.7 Å². The standard InChI is InChI=1S/C28H31N3O3/c1-4-22-13-11-12-21(3)28(22)31(20-33-5-2)27(32)18-30-25-17-10-9-16-24(25)29-26(30)19-34-23-14-7-6-8-15-23/h6-17H,4-5,18-20H2,1-3H3. The van der Waals surface area contributed by atoms with Crippen LogP contribution in [0, 0.1) is 6.92 Å². The van der Waals surface area contributed by atoms with Crippen LogP contribution >= 0.6 is 0 Å². The number of hydrogen-bond acceptors (Lipinski definition) is 4. The summed E-state index contributed by atoms with van der Waals surface area (Å²) < 4.78 is 13.6. The van der Waals surface area contributed by atoms with Crippen molar-refractivity contribution in [3.8, 4) is 5.75 Å². The molecule has 0 radical (unpaired) electrons. The second kappa shape index (κ2) is 11.0. The highest BCUT2D eigenvalue weighted by Crippen LogP contribution is 2.27. The zero-order valence-electron chi connectivity index (χ0n) is 20.0. The quantitative estimate of drug-likeness (QED) is 0.295. The van der Waals surface area contributed by atoms with Crippen molar-refractivity contribution in [3.63, 3.8) is 0 Å². The Morgan fingerprint density at radius 1 is 0.971 bits per heavy atom. The third kappa shape index (κ3) is 5.13. The van der Waals surface area contributed by atoms with Gasteiger partial charge in [-0.3, -0.25) is 9.69 Å². The number of ether oxygens (including phenoxy) is 2. The predicted molar refractivity (Wildman–Crippen MR) is 135 cm³/mol. The number of aryl methyl sites for hydroxylation is 2. The van der Waals surface area contributed by atoms with Gasteiger partial charge in [-0.05, 0) is 55.7 Å². The van der Waals surface area contributed by atoms with Gasteiger partial charge in [0.2, 0.25) is 5.91 Å². The third-order valence-corrected chi connectivity index (χ3v) is 5.84. The molecule has 4 rings (SSSR count). The minimum absolute atomic E-state index is 0.0541. The first-order valence-corrected chi connectivity index (χ1v) is 11.7. The minimum atomic E-state index is -0.0541. The number of imidazole rings is 1. The van der Waals surface area contributed by atoms with Crippen molar-refractivity contribution >= 4 is 22.6 Å². The number of benzene rings is 3. The van der Waals surface area contributed by atoms with E-state index in [-0.39, 0.29) is 25.8 Å². The lowest BCUT2D eigenvalue weighted by Crippen LogP contribution is -2.37. The molecule has 0 saturated carbocycles. The summed E-state index contributed by atoms with van der Waals surface area (Å²) in [6.07, 6.45) is 0.830. The molecule has 0 aliphatic carbocycles. The highest BCUT2D eigenvalue weighted by Gasteiger charge is 2.23. The number of aromatic nitrogens is 2. The van der Waals surface area contributed by atoms with Crippen molar-refractivity contribution in [1.82, 2.24) is 9.55 Å². The lowest BCUT2D eigenvalue weighted by atomic mass is 10.0. The first-order chi connectivity index (χ1) is 16.6. The maximum absolute atomic E-state index is 13.8. The molecule has 1 heterocycles. The van der Waals surface area contributed by atoms with Crippen LogP contribution in [-0.2, 0) is 29.1 Å². The van der Waals surface area contributed by atoms with Crippen molar-refractivity contribution in [2.75, 3.05) is 18.2 Å². The SMILES string of the molecule is CCOCN(C(=O)Cn1c(COc2ccccc2)nc2ccccc21)c1c(C)cccc1CC. The molecule has 1 aromatic heterocycles. The van der Waals surface area contributed by atoms with Gasteiger partial charge in [0.1, 0.15) is 31.5 Å². The maximum atomic E-state index is 13.8. The van der Waals surface area contributed by atoms with Gasteiger partial charge in [-0.2, -0.15) is 0 Å². The molecule has 0 atom stereocenters. The fourth-order valence-corrected chi connectivity index (χ4v) is 4.13. The Hall–Kier alpha value is -3.64. The van der Waals surface area contributed by atoms with Gasteiger partial charge in [-0.15, -0.1) is 0 Å². The fourth-order valence-electron chi connectivity index (χ4n) is 4.13. The molecular formula is C28H31N3O3. The first kappa shape index (κ1) is 23.5. The number of rotatable bonds is 10. The second-order valence-electron chi connectivity index (χ2n) is 8.08. The molecule has 176 valence electrons. The summed E-state index contributed by atoms with van der Waals surface area (Å²) in [4.78, 5) is 20.3. The van der Waals surface area contributed by atoms with Gasteiger partial charge < -0.3 is 14.0 Å². The molecule has 0 N–H and O–H groups in total. The number of carbonyl (C=O) groups excluding carboxylic acids is 1. The number of nitrogens with zero attached hydrogens (tertiary/aromatic N) is 3. The average Bonchev–Trinajstić information content (AvgIpc) is 3.21. The number of anilines is 1. The second-order valence-corrected chi connectivity index (χ2v) is 8.08. The molecule has 0 aliphatic rings. The highest BCUT2D eigenvalue weighted by atomic mass is 16.5. The molecule has 0 fully saturated rings. The average molecular weight is 458 g/mol. The summed E-state index contributed by atoms with van der Waals surface area (Å²) in [6, 6.07) is 23.6. The Bertz CT molecular complexity index is 1250. The normalized spacial score (nSPS) is 11.0. The van der Waals surface area contributed by atoms with Crippen LogP contribution in [0.15, 0.2) is 72.8 Å². The highest BCUT2D eigenvalue weighted by molar-refractivity contribution is 5.95. The number of hydrogen-bond donors (Lipinski definition) is 0. The van der Waals surface area contributed by atoms with E-state index in [0.717, 1.165) is 40.0 Å². The predicted octanol–water partition coefficient (Wildman–Crippen LogP) is 5.51. The van der Waals surface area contributed by atoms with Crippen LogP contribution in [0.5, 0.6) is 5.75 Å². The Labute approximate surface area is 200 Å². The number of fused-ring (bicyclic) bond motifs is 1. The van der Waals surface area contributed by atoms with Crippen molar-refractivity contribution < 1.29 is 14.3 Å². The lowest BCUT2D eigenvalue weighted by molar-refractivity contribution is -0.120. The first-order valence-electron chi connectivity index (χ1n) is 11.7. The topological polar surface area (TPSA) is 56.6 Å². The molecule has 0 bridgehead atoms. The van der Waals surface area contributed by atoms with Crippen LogP contribution in [0.4, 0.5) is 5.69 Å². The number of carbonyl (C=O) groups is 1. The maximum Gasteiger partial charge on any atom is 0.248 e. The molecule has 0 spiro atoms. The van der Waals surface area contributed by atoms with Gasteiger partial charge in [0.05, 0.1) is 16.7 Å². The summed E-state index contributed by atoms with van der Waals surface area (Å²) in [5.74, 6) is 1.41. The van der Waals surface area contributed by atoms with Crippen LogP contribution in [0.2, 0.25) is 0 Å². The van der Waals surface area contributed by atoms with Gasteiger partial charge in [0, 0.05) is 6.61 Å². The van der Waals surface area contributed by atoms with Crippen LogP contribution in [0.25, 0.3) is 11.0 Å². The minimum Gasteiger partial charge on any atom is -0.486 e.